The van der Waals surface area contributed by atoms with Crippen LogP contribution in [0.4, 0.5) is 0 Å². The number of hydrogen-bond donors (Lipinski definition) is 2. The fourth-order valence-electron chi connectivity index (χ4n) is 1.40. The van der Waals surface area contributed by atoms with E-state index in [4.69, 9.17) is 5.73 Å². The van der Waals surface area contributed by atoms with Gasteiger partial charge in [0, 0.05) is 24.0 Å². The van der Waals surface area contributed by atoms with Gasteiger partial charge in [-0.1, -0.05) is 0 Å². The van der Waals surface area contributed by atoms with E-state index in [0.717, 1.165) is 17.8 Å². The Balaban J connectivity index is 2.21. The van der Waals surface area contributed by atoms with Crippen LogP contribution in [0.15, 0.2) is 24.9 Å². The summed E-state index contributed by atoms with van der Waals surface area (Å²) in [5, 5.41) is 6.66. The molecule has 14 heavy (non-hydrogen) atoms. The zero-order chi connectivity index (χ0) is 9.97. The van der Waals surface area contributed by atoms with E-state index in [1.165, 1.54) is 0 Å². The molecule has 5 nitrogen and oxygen atoms in total. The molecule has 3 N–H and O–H groups in total. The fraction of sp³-hybridized carbons (Fsp3) is 0.333. The van der Waals surface area contributed by atoms with Gasteiger partial charge >= 0.3 is 0 Å². The van der Waals surface area contributed by atoms with Gasteiger partial charge in [-0.25, -0.2) is 4.98 Å². The maximum absolute atomic E-state index is 5.80. The third kappa shape index (κ3) is 1.67. The molecular weight excluding hydrogens is 178 g/mol. The number of rotatable bonds is 3. The van der Waals surface area contributed by atoms with Crippen LogP contribution in [0.1, 0.15) is 24.2 Å². The van der Waals surface area contributed by atoms with Crippen LogP contribution >= 0.6 is 0 Å². The summed E-state index contributed by atoms with van der Waals surface area (Å²) in [6, 6.07) is 0.00408. The quantitative estimate of drug-likeness (QED) is 0.749. The highest BCUT2D eigenvalue weighted by molar-refractivity contribution is 5.09. The van der Waals surface area contributed by atoms with E-state index in [0.29, 0.717) is 0 Å². The highest BCUT2D eigenvalue weighted by Gasteiger charge is 2.06. The van der Waals surface area contributed by atoms with E-state index < -0.39 is 0 Å². The molecule has 0 fully saturated rings. The zero-order valence-electron chi connectivity index (χ0n) is 8.01. The van der Waals surface area contributed by atoms with Crippen LogP contribution in [0.2, 0.25) is 0 Å². The average Bonchev–Trinajstić information content (AvgIpc) is 2.75. The van der Waals surface area contributed by atoms with Gasteiger partial charge in [0.15, 0.2) is 0 Å². The van der Waals surface area contributed by atoms with Crippen molar-refractivity contribution < 1.29 is 0 Å². The van der Waals surface area contributed by atoms with Gasteiger partial charge in [0.05, 0.1) is 24.8 Å². The minimum Gasteiger partial charge on any atom is -0.329 e. The maximum atomic E-state index is 5.80. The van der Waals surface area contributed by atoms with E-state index in [9.17, 15) is 0 Å². The van der Waals surface area contributed by atoms with Gasteiger partial charge in [-0.3, -0.25) is 5.10 Å². The van der Waals surface area contributed by atoms with Gasteiger partial charge < -0.3 is 10.3 Å². The number of aromatic nitrogens is 4. The molecule has 2 aromatic rings. The summed E-state index contributed by atoms with van der Waals surface area (Å²) in [4.78, 5) is 4.08. The zero-order valence-corrected chi connectivity index (χ0v) is 8.01. The molecule has 0 spiro atoms. The van der Waals surface area contributed by atoms with Crippen LogP contribution in [-0.4, -0.2) is 19.7 Å². The van der Waals surface area contributed by atoms with Gasteiger partial charge in [-0.05, 0) is 6.92 Å². The van der Waals surface area contributed by atoms with Crippen molar-refractivity contribution in [1.82, 2.24) is 19.7 Å². The predicted molar refractivity (Wildman–Crippen MR) is 52.5 cm³/mol. The number of hydrogen-bond acceptors (Lipinski definition) is 3. The van der Waals surface area contributed by atoms with Crippen LogP contribution in [-0.2, 0) is 6.54 Å². The molecule has 2 aromatic heterocycles. The van der Waals surface area contributed by atoms with Gasteiger partial charge in [0.1, 0.15) is 0 Å². The second-order valence-corrected chi connectivity index (χ2v) is 3.34. The molecule has 0 aliphatic rings. The molecule has 0 aliphatic carbocycles. The minimum atomic E-state index is 0.00408. The van der Waals surface area contributed by atoms with Crippen LogP contribution in [0.5, 0.6) is 0 Å². The Hall–Kier alpha value is -1.62. The van der Waals surface area contributed by atoms with Crippen LogP contribution < -0.4 is 5.73 Å². The average molecular weight is 191 g/mol. The number of nitrogens with one attached hydrogen (secondary N) is 1. The summed E-state index contributed by atoms with van der Waals surface area (Å²) in [6.07, 6.45) is 7.24. The Morgan fingerprint density at radius 2 is 2.43 bits per heavy atom. The van der Waals surface area contributed by atoms with Crippen molar-refractivity contribution in [1.29, 1.82) is 0 Å². The molecule has 0 saturated heterocycles. The summed E-state index contributed by atoms with van der Waals surface area (Å²) in [5.41, 5.74) is 7.95. The molecule has 1 unspecified atom stereocenters. The smallest absolute Gasteiger partial charge is 0.0951 e. The van der Waals surface area contributed by atoms with Crippen molar-refractivity contribution in [3.63, 3.8) is 0 Å². The molecule has 0 aromatic carbocycles. The molecule has 2 heterocycles. The first kappa shape index (κ1) is 8.96. The lowest BCUT2D eigenvalue weighted by atomic mass is 10.2. The van der Waals surface area contributed by atoms with Crippen LogP contribution in [0.25, 0.3) is 0 Å². The maximum Gasteiger partial charge on any atom is 0.0951 e. The van der Waals surface area contributed by atoms with Crippen molar-refractivity contribution in [2.75, 3.05) is 0 Å². The lowest BCUT2D eigenvalue weighted by Crippen LogP contribution is -2.12. The summed E-state index contributed by atoms with van der Waals surface area (Å²) >= 11 is 0. The van der Waals surface area contributed by atoms with Gasteiger partial charge in [-0.15, -0.1) is 0 Å². The second kappa shape index (κ2) is 3.63. The fourth-order valence-corrected chi connectivity index (χ4v) is 1.40. The largest absolute Gasteiger partial charge is 0.329 e. The van der Waals surface area contributed by atoms with Crippen molar-refractivity contribution in [2.45, 2.75) is 19.5 Å². The van der Waals surface area contributed by atoms with Gasteiger partial charge in [0.25, 0.3) is 0 Å². The topological polar surface area (TPSA) is 72.5 Å². The number of H-pyrrole nitrogens is 1. The summed E-state index contributed by atoms with van der Waals surface area (Å²) in [7, 11) is 0. The summed E-state index contributed by atoms with van der Waals surface area (Å²) < 4.78 is 2.02. The van der Waals surface area contributed by atoms with E-state index in [1.807, 2.05) is 17.7 Å². The van der Waals surface area contributed by atoms with E-state index in [-0.39, 0.29) is 6.04 Å². The highest BCUT2D eigenvalue weighted by Crippen LogP contribution is 2.10. The molecule has 1 atom stereocenters. The molecule has 0 radical (unpaired) electrons. The first-order chi connectivity index (χ1) is 6.77. The number of aromatic amines is 1. The number of nitrogens with zero attached hydrogens (tertiary/aromatic N) is 3. The van der Waals surface area contributed by atoms with Crippen molar-refractivity contribution in [3.8, 4) is 0 Å². The van der Waals surface area contributed by atoms with Gasteiger partial charge in [0.2, 0.25) is 0 Å². The normalized spacial score (nSPS) is 13.0. The summed E-state index contributed by atoms with van der Waals surface area (Å²) in [5.74, 6) is 0. The minimum absolute atomic E-state index is 0.00408. The van der Waals surface area contributed by atoms with Gasteiger partial charge in [-0.2, -0.15) is 5.10 Å². The third-order valence-corrected chi connectivity index (χ3v) is 2.12. The molecule has 5 heteroatoms. The SMILES string of the molecule is CC(N)c1cncn1Cc1cn[nH]c1. The van der Waals surface area contributed by atoms with Crippen molar-refractivity contribution >= 4 is 0 Å². The lowest BCUT2D eigenvalue weighted by molar-refractivity contribution is 0.674. The van der Waals surface area contributed by atoms with Crippen LogP contribution in [0, 0.1) is 0 Å². The highest BCUT2D eigenvalue weighted by atomic mass is 15.1. The standard InChI is InChI=1S/C9H13N5/c1-7(10)9-4-11-6-14(9)5-8-2-12-13-3-8/h2-4,6-7H,5,10H2,1H3,(H,12,13). The molecule has 2 rings (SSSR count). The van der Waals surface area contributed by atoms with Crippen molar-refractivity contribution in [3.05, 3.63) is 36.2 Å². The van der Waals surface area contributed by atoms with Crippen molar-refractivity contribution in [2.24, 2.45) is 5.73 Å². The Labute approximate surface area is 82.0 Å². The summed E-state index contributed by atoms with van der Waals surface area (Å²) in [6.45, 7) is 2.70. The monoisotopic (exact) mass is 191 g/mol. The predicted octanol–water partition coefficient (Wildman–Crippen LogP) is 0.674. The van der Waals surface area contributed by atoms with E-state index in [1.54, 1.807) is 18.7 Å². The molecule has 0 saturated carbocycles. The second-order valence-electron chi connectivity index (χ2n) is 3.34. The molecule has 0 amide bonds. The first-order valence-electron chi connectivity index (χ1n) is 4.50. The Morgan fingerprint density at radius 3 is 3.07 bits per heavy atom. The lowest BCUT2D eigenvalue weighted by Gasteiger charge is -2.08. The molecule has 0 bridgehead atoms. The van der Waals surface area contributed by atoms with Crippen LogP contribution in [0.3, 0.4) is 0 Å². The number of imidazole rings is 1. The van der Waals surface area contributed by atoms with E-state index >= 15 is 0 Å². The Bertz CT molecular complexity index is 387. The number of nitrogens with two attached hydrogens (primary N) is 1. The molecular formula is C9H13N5. The Morgan fingerprint density at radius 1 is 1.57 bits per heavy atom. The molecule has 74 valence electrons. The molecule has 0 aliphatic heterocycles. The third-order valence-electron chi connectivity index (χ3n) is 2.12. The Kier molecular flexibility index (Phi) is 2.32. The first-order valence-corrected chi connectivity index (χ1v) is 4.50. The van der Waals surface area contributed by atoms with E-state index in [2.05, 4.69) is 15.2 Å².